The lowest BCUT2D eigenvalue weighted by molar-refractivity contribution is 0.451. The number of hydrogen-bond acceptors (Lipinski definition) is 3. The number of hydrogen-bond donors (Lipinski definition) is 1. The highest BCUT2D eigenvalue weighted by atomic mass is 32.2. The maximum Gasteiger partial charge on any atom is 0.267 e. The Balaban J connectivity index is 2.75. The Bertz CT molecular complexity index is 411. The minimum Gasteiger partial charge on any atom is -0.331 e. The van der Waals surface area contributed by atoms with Crippen LogP contribution in [0.15, 0.2) is 31.4 Å². The van der Waals surface area contributed by atoms with E-state index in [9.17, 15) is 8.42 Å². The van der Waals surface area contributed by atoms with E-state index in [0.717, 1.165) is 0 Å². The molecule has 84 valence electrons. The summed E-state index contributed by atoms with van der Waals surface area (Å²) in [6, 6.07) is -0.176. The summed E-state index contributed by atoms with van der Waals surface area (Å²) in [7, 11) is -3.98. The van der Waals surface area contributed by atoms with Crippen LogP contribution in [0.1, 0.15) is 19.4 Å². The zero-order valence-corrected chi connectivity index (χ0v) is 9.26. The highest BCUT2D eigenvalue weighted by Gasteiger charge is 2.21. The average Bonchev–Trinajstić information content (AvgIpc) is 2.64. The molecule has 5 nitrogen and oxygen atoms in total. The fourth-order valence-electron chi connectivity index (χ4n) is 1.27. The molecule has 0 spiro atoms. The summed E-state index contributed by atoms with van der Waals surface area (Å²) in [6.45, 7) is 5.09. The zero-order chi connectivity index (χ0) is 11.5. The van der Waals surface area contributed by atoms with Gasteiger partial charge >= 0.3 is 0 Å². The Morgan fingerprint density at radius 1 is 1.67 bits per heavy atom. The third-order valence-corrected chi connectivity index (χ3v) is 3.47. The molecule has 1 heterocycles. The Morgan fingerprint density at radius 2 is 2.33 bits per heavy atom. The Kier molecular flexibility index (Phi) is 3.65. The molecule has 2 atom stereocenters. The first-order valence-corrected chi connectivity index (χ1v) is 6.01. The van der Waals surface area contributed by atoms with Crippen molar-refractivity contribution in [3.05, 3.63) is 31.4 Å². The quantitative estimate of drug-likeness (QED) is 0.611. The van der Waals surface area contributed by atoms with Gasteiger partial charge in [-0.05, 0) is 13.3 Å². The van der Waals surface area contributed by atoms with Crippen LogP contribution in [0.4, 0.5) is 0 Å². The molecule has 1 N–H and O–H groups in total. The first-order valence-electron chi connectivity index (χ1n) is 4.51. The summed E-state index contributed by atoms with van der Waals surface area (Å²) in [5.41, 5.74) is 0. The SMILES string of the molecule is C=CC(CC(C)S(=O)(=O)O)n1ccnc1. The summed E-state index contributed by atoms with van der Waals surface area (Å²) < 4.78 is 32.3. The standard InChI is InChI=1S/C9H14N2O3S/c1-3-9(11-5-4-10-7-11)6-8(2)15(12,13)14/h3-5,7-9H,1,6H2,2H3,(H,12,13,14). The van der Waals surface area contributed by atoms with Gasteiger partial charge in [0.15, 0.2) is 0 Å². The van der Waals surface area contributed by atoms with Crippen molar-refractivity contribution in [3.8, 4) is 0 Å². The molecule has 0 amide bonds. The van der Waals surface area contributed by atoms with E-state index in [2.05, 4.69) is 11.6 Å². The van der Waals surface area contributed by atoms with E-state index in [0.29, 0.717) is 0 Å². The minimum absolute atomic E-state index is 0.176. The van der Waals surface area contributed by atoms with Gasteiger partial charge in [0.1, 0.15) is 0 Å². The van der Waals surface area contributed by atoms with Crippen molar-refractivity contribution < 1.29 is 13.0 Å². The van der Waals surface area contributed by atoms with Crippen molar-refractivity contribution in [3.63, 3.8) is 0 Å². The third kappa shape index (κ3) is 3.17. The van der Waals surface area contributed by atoms with Gasteiger partial charge in [0, 0.05) is 12.4 Å². The second kappa shape index (κ2) is 4.59. The predicted molar refractivity (Wildman–Crippen MR) is 57.1 cm³/mol. The van der Waals surface area contributed by atoms with Crippen LogP contribution in [0.5, 0.6) is 0 Å². The molecule has 0 saturated heterocycles. The maximum absolute atomic E-state index is 10.8. The van der Waals surface area contributed by atoms with Crippen molar-refractivity contribution in [2.45, 2.75) is 24.6 Å². The van der Waals surface area contributed by atoms with E-state index >= 15 is 0 Å². The molecular formula is C9H14N2O3S. The molecule has 0 radical (unpaired) electrons. The molecule has 0 bridgehead atoms. The summed E-state index contributed by atoms with van der Waals surface area (Å²) in [6.07, 6.45) is 6.82. The van der Waals surface area contributed by atoms with Gasteiger partial charge in [-0.3, -0.25) is 4.55 Å². The molecule has 1 aromatic heterocycles. The van der Waals surface area contributed by atoms with Gasteiger partial charge in [-0.15, -0.1) is 6.58 Å². The van der Waals surface area contributed by atoms with E-state index in [-0.39, 0.29) is 12.5 Å². The van der Waals surface area contributed by atoms with E-state index < -0.39 is 15.4 Å². The van der Waals surface area contributed by atoms with Gasteiger partial charge in [-0.2, -0.15) is 8.42 Å². The monoisotopic (exact) mass is 230 g/mol. The van der Waals surface area contributed by atoms with E-state index in [1.54, 1.807) is 29.4 Å². The first-order chi connectivity index (χ1) is 6.95. The molecule has 15 heavy (non-hydrogen) atoms. The number of imidazole rings is 1. The molecule has 0 fully saturated rings. The van der Waals surface area contributed by atoms with E-state index in [1.165, 1.54) is 6.92 Å². The highest BCUT2D eigenvalue weighted by Crippen LogP contribution is 2.18. The van der Waals surface area contributed by atoms with Crippen LogP contribution in [0.25, 0.3) is 0 Å². The number of allylic oxidation sites excluding steroid dienone is 1. The maximum atomic E-state index is 10.8. The minimum atomic E-state index is -3.98. The lowest BCUT2D eigenvalue weighted by Crippen LogP contribution is -2.21. The normalized spacial score (nSPS) is 15.9. The fraction of sp³-hybridized carbons (Fsp3) is 0.444. The average molecular weight is 230 g/mol. The van der Waals surface area contributed by atoms with Crippen molar-refractivity contribution in [1.82, 2.24) is 9.55 Å². The molecule has 1 rings (SSSR count). The van der Waals surface area contributed by atoms with Crippen molar-refractivity contribution >= 4 is 10.1 Å². The van der Waals surface area contributed by atoms with Crippen molar-refractivity contribution in [2.24, 2.45) is 0 Å². The molecule has 0 aliphatic rings. The highest BCUT2D eigenvalue weighted by molar-refractivity contribution is 7.86. The Morgan fingerprint density at radius 3 is 2.73 bits per heavy atom. The number of nitrogens with zero attached hydrogens (tertiary/aromatic N) is 2. The molecule has 0 saturated carbocycles. The van der Waals surface area contributed by atoms with Crippen LogP contribution in [0.2, 0.25) is 0 Å². The van der Waals surface area contributed by atoms with Crippen LogP contribution in [-0.4, -0.2) is 27.8 Å². The smallest absolute Gasteiger partial charge is 0.267 e. The van der Waals surface area contributed by atoms with Crippen LogP contribution in [0, 0.1) is 0 Å². The van der Waals surface area contributed by atoms with Gasteiger partial charge in [-0.25, -0.2) is 4.98 Å². The van der Waals surface area contributed by atoms with Gasteiger partial charge in [0.25, 0.3) is 10.1 Å². The Hall–Kier alpha value is -1.14. The molecule has 0 aliphatic heterocycles. The van der Waals surface area contributed by atoms with Crippen LogP contribution < -0.4 is 0 Å². The number of rotatable bonds is 5. The lowest BCUT2D eigenvalue weighted by Gasteiger charge is -2.16. The summed E-state index contributed by atoms with van der Waals surface area (Å²) in [5.74, 6) is 0. The second-order valence-corrected chi connectivity index (χ2v) is 5.21. The van der Waals surface area contributed by atoms with Gasteiger partial charge in [0.05, 0.1) is 17.6 Å². The topological polar surface area (TPSA) is 72.2 Å². The van der Waals surface area contributed by atoms with E-state index in [4.69, 9.17) is 4.55 Å². The molecule has 0 aliphatic carbocycles. The van der Waals surface area contributed by atoms with Crippen molar-refractivity contribution in [2.75, 3.05) is 0 Å². The van der Waals surface area contributed by atoms with Crippen LogP contribution in [0.3, 0.4) is 0 Å². The Labute approximate surface area is 89.2 Å². The summed E-state index contributed by atoms with van der Waals surface area (Å²) >= 11 is 0. The largest absolute Gasteiger partial charge is 0.331 e. The molecule has 6 heteroatoms. The van der Waals surface area contributed by atoms with Crippen molar-refractivity contribution in [1.29, 1.82) is 0 Å². The second-order valence-electron chi connectivity index (χ2n) is 3.37. The lowest BCUT2D eigenvalue weighted by atomic mass is 10.1. The summed E-state index contributed by atoms with van der Waals surface area (Å²) in [4.78, 5) is 3.86. The molecule has 1 aromatic rings. The molecule has 0 aromatic carbocycles. The molecule has 2 unspecified atom stereocenters. The number of aromatic nitrogens is 2. The predicted octanol–water partition coefficient (Wildman–Crippen LogP) is 1.28. The van der Waals surface area contributed by atoms with Crippen LogP contribution >= 0.6 is 0 Å². The van der Waals surface area contributed by atoms with Crippen LogP contribution in [-0.2, 0) is 10.1 Å². The third-order valence-electron chi connectivity index (χ3n) is 2.26. The first kappa shape index (κ1) is 11.9. The van der Waals surface area contributed by atoms with Gasteiger partial charge in [0.2, 0.25) is 0 Å². The van der Waals surface area contributed by atoms with E-state index in [1.807, 2.05) is 0 Å². The van der Waals surface area contributed by atoms with Gasteiger partial charge in [-0.1, -0.05) is 6.08 Å². The van der Waals surface area contributed by atoms with Gasteiger partial charge < -0.3 is 4.57 Å². The molecular weight excluding hydrogens is 216 g/mol. The summed E-state index contributed by atoms with van der Waals surface area (Å²) in [5, 5.41) is -0.817. The fourth-order valence-corrected chi connectivity index (χ4v) is 1.71. The zero-order valence-electron chi connectivity index (χ0n) is 8.44.